The van der Waals surface area contributed by atoms with Crippen molar-refractivity contribution < 1.29 is 14.0 Å². The maximum absolute atomic E-state index is 11.6. The number of hydrogen-bond donors (Lipinski definition) is 3. The number of nitrogens with zero attached hydrogens (tertiary/aromatic N) is 1. The minimum absolute atomic E-state index is 0.0181. The predicted octanol–water partition coefficient (Wildman–Crippen LogP) is 0.150. The van der Waals surface area contributed by atoms with Crippen LogP contribution in [0.5, 0.6) is 0 Å². The molecule has 112 valence electrons. The van der Waals surface area contributed by atoms with Gasteiger partial charge in [0.05, 0.1) is 6.54 Å². The second-order valence-corrected chi connectivity index (χ2v) is 4.42. The zero-order valence-corrected chi connectivity index (χ0v) is 12.2. The summed E-state index contributed by atoms with van der Waals surface area (Å²) in [6.07, 6.45) is 0. The van der Waals surface area contributed by atoms with Crippen molar-refractivity contribution >= 4 is 11.8 Å². The number of nitrogens with one attached hydrogen (secondary N) is 2. The smallest absolute Gasteiger partial charge is 0.300 e. The summed E-state index contributed by atoms with van der Waals surface area (Å²) in [6, 6.07) is 1.65. The lowest BCUT2D eigenvalue weighted by atomic mass is 10.2. The molecule has 0 fully saturated rings. The van der Waals surface area contributed by atoms with Gasteiger partial charge in [-0.05, 0) is 26.5 Å². The van der Waals surface area contributed by atoms with Gasteiger partial charge in [-0.25, -0.2) is 5.84 Å². The molecule has 0 unspecified atom stereocenters. The van der Waals surface area contributed by atoms with Crippen LogP contribution < -0.4 is 16.6 Å². The van der Waals surface area contributed by atoms with E-state index in [0.717, 1.165) is 12.1 Å². The summed E-state index contributed by atoms with van der Waals surface area (Å²) in [7, 11) is 0. The molecule has 1 rings (SSSR count). The Labute approximate surface area is 118 Å². The van der Waals surface area contributed by atoms with Crippen molar-refractivity contribution in [1.29, 1.82) is 0 Å². The van der Waals surface area contributed by atoms with Crippen molar-refractivity contribution in [3.05, 3.63) is 23.2 Å². The molecule has 0 spiro atoms. The first-order chi connectivity index (χ1) is 9.51. The number of rotatable bonds is 7. The highest BCUT2D eigenvalue weighted by Crippen LogP contribution is 2.16. The van der Waals surface area contributed by atoms with Crippen LogP contribution in [0.25, 0.3) is 0 Å². The third kappa shape index (κ3) is 4.36. The molecule has 1 aromatic heterocycles. The number of furan rings is 1. The quantitative estimate of drug-likeness (QED) is 0.375. The van der Waals surface area contributed by atoms with E-state index in [1.54, 1.807) is 13.0 Å². The number of nitrogen functional groups attached to an aromatic ring is 1. The van der Waals surface area contributed by atoms with Crippen molar-refractivity contribution in [2.75, 3.05) is 19.6 Å². The van der Waals surface area contributed by atoms with Crippen LogP contribution in [-0.4, -0.2) is 36.3 Å². The van der Waals surface area contributed by atoms with Gasteiger partial charge >= 0.3 is 5.91 Å². The maximum Gasteiger partial charge on any atom is 0.300 e. The van der Waals surface area contributed by atoms with Gasteiger partial charge in [-0.1, -0.05) is 6.92 Å². The molecular formula is C13H22N4O3. The summed E-state index contributed by atoms with van der Waals surface area (Å²) < 4.78 is 5.35. The molecule has 1 heterocycles. The molecule has 0 aromatic carbocycles. The van der Waals surface area contributed by atoms with Gasteiger partial charge in [-0.3, -0.25) is 19.9 Å². The second-order valence-electron chi connectivity index (χ2n) is 4.42. The molecule has 0 saturated heterocycles. The first-order valence-electron chi connectivity index (χ1n) is 6.61. The van der Waals surface area contributed by atoms with Crippen LogP contribution in [0.1, 0.15) is 35.7 Å². The van der Waals surface area contributed by atoms with E-state index in [1.807, 2.05) is 24.2 Å². The van der Waals surface area contributed by atoms with E-state index >= 15 is 0 Å². The monoisotopic (exact) mass is 282 g/mol. The standard InChI is InChI=1S/C13H22N4O3/c1-4-15-12(18)8-17(5-2)7-10-6-11(13(19)16-14)20-9(10)3/h6H,4-5,7-8,14H2,1-3H3,(H,15,18)(H,16,19). The van der Waals surface area contributed by atoms with E-state index in [-0.39, 0.29) is 11.7 Å². The average Bonchev–Trinajstić information content (AvgIpc) is 2.78. The third-order valence-corrected chi connectivity index (χ3v) is 2.96. The summed E-state index contributed by atoms with van der Waals surface area (Å²) in [5, 5.41) is 2.76. The lowest BCUT2D eigenvalue weighted by Crippen LogP contribution is -2.36. The molecule has 0 aliphatic carbocycles. The Morgan fingerprint density at radius 1 is 1.40 bits per heavy atom. The number of carbonyl (C=O) groups excluding carboxylic acids is 2. The zero-order chi connectivity index (χ0) is 15.1. The average molecular weight is 282 g/mol. The highest BCUT2D eigenvalue weighted by Gasteiger charge is 2.16. The van der Waals surface area contributed by atoms with Crippen LogP contribution in [0.15, 0.2) is 10.5 Å². The highest BCUT2D eigenvalue weighted by atomic mass is 16.4. The Balaban J connectivity index is 2.72. The number of carbonyl (C=O) groups is 2. The van der Waals surface area contributed by atoms with Crippen molar-refractivity contribution in [3.8, 4) is 0 Å². The molecule has 0 aliphatic rings. The zero-order valence-electron chi connectivity index (χ0n) is 12.2. The van der Waals surface area contributed by atoms with Crippen molar-refractivity contribution in [3.63, 3.8) is 0 Å². The third-order valence-electron chi connectivity index (χ3n) is 2.96. The Morgan fingerprint density at radius 3 is 2.65 bits per heavy atom. The molecule has 7 nitrogen and oxygen atoms in total. The molecule has 0 atom stereocenters. The molecular weight excluding hydrogens is 260 g/mol. The fourth-order valence-corrected chi connectivity index (χ4v) is 1.84. The van der Waals surface area contributed by atoms with Gasteiger partial charge in [0.1, 0.15) is 5.76 Å². The van der Waals surface area contributed by atoms with E-state index in [0.29, 0.717) is 25.4 Å². The van der Waals surface area contributed by atoms with Crippen LogP contribution in [0.2, 0.25) is 0 Å². The van der Waals surface area contributed by atoms with Gasteiger partial charge in [-0.2, -0.15) is 0 Å². The lowest BCUT2D eigenvalue weighted by molar-refractivity contribution is -0.122. The summed E-state index contributed by atoms with van der Waals surface area (Å²) in [5.74, 6) is 5.41. The molecule has 20 heavy (non-hydrogen) atoms. The predicted molar refractivity (Wildman–Crippen MR) is 74.7 cm³/mol. The van der Waals surface area contributed by atoms with Crippen LogP contribution in [-0.2, 0) is 11.3 Å². The van der Waals surface area contributed by atoms with Crippen LogP contribution in [0, 0.1) is 6.92 Å². The Bertz CT molecular complexity index is 470. The summed E-state index contributed by atoms with van der Waals surface area (Å²) >= 11 is 0. The molecule has 2 amide bonds. The van der Waals surface area contributed by atoms with Crippen LogP contribution in [0.4, 0.5) is 0 Å². The van der Waals surface area contributed by atoms with Crippen molar-refractivity contribution in [1.82, 2.24) is 15.6 Å². The fourth-order valence-electron chi connectivity index (χ4n) is 1.84. The number of likely N-dealkylation sites (N-methyl/N-ethyl adjacent to an activating group) is 2. The maximum atomic E-state index is 11.6. The number of hydrogen-bond acceptors (Lipinski definition) is 5. The molecule has 0 aliphatic heterocycles. The van der Waals surface area contributed by atoms with Gasteiger partial charge in [0, 0.05) is 18.7 Å². The molecule has 0 radical (unpaired) electrons. The van der Waals surface area contributed by atoms with Gasteiger partial charge in [0.2, 0.25) is 5.91 Å². The molecule has 0 saturated carbocycles. The van der Waals surface area contributed by atoms with Crippen LogP contribution >= 0.6 is 0 Å². The Kier molecular flexibility index (Phi) is 6.20. The topological polar surface area (TPSA) is 101 Å². The minimum Gasteiger partial charge on any atom is -0.456 e. The summed E-state index contributed by atoms with van der Waals surface area (Å²) in [5.41, 5.74) is 2.90. The second kappa shape index (κ2) is 7.66. The molecule has 0 bridgehead atoms. The molecule has 7 heteroatoms. The summed E-state index contributed by atoms with van der Waals surface area (Å²) in [6.45, 7) is 7.83. The van der Waals surface area contributed by atoms with E-state index in [2.05, 4.69) is 5.32 Å². The van der Waals surface area contributed by atoms with Crippen molar-refractivity contribution in [2.24, 2.45) is 5.84 Å². The largest absolute Gasteiger partial charge is 0.456 e. The Hall–Kier alpha value is -1.86. The SMILES string of the molecule is CCNC(=O)CN(CC)Cc1cc(C(=O)NN)oc1C. The molecule has 4 N–H and O–H groups in total. The van der Waals surface area contributed by atoms with Gasteiger partial charge in [0.15, 0.2) is 5.76 Å². The lowest BCUT2D eigenvalue weighted by Gasteiger charge is -2.19. The first-order valence-corrected chi connectivity index (χ1v) is 6.61. The first kappa shape index (κ1) is 16.2. The molecule has 1 aromatic rings. The number of aryl methyl sites for hydroxylation is 1. The highest BCUT2D eigenvalue weighted by molar-refractivity contribution is 5.91. The summed E-state index contributed by atoms with van der Waals surface area (Å²) in [4.78, 5) is 24.9. The minimum atomic E-state index is -0.467. The van der Waals surface area contributed by atoms with Crippen molar-refractivity contribution in [2.45, 2.75) is 27.3 Å². The van der Waals surface area contributed by atoms with E-state index in [4.69, 9.17) is 10.3 Å². The van der Waals surface area contributed by atoms with E-state index < -0.39 is 5.91 Å². The fraction of sp³-hybridized carbons (Fsp3) is 0.538. The number of amides is 2. The van der Waals surface area contributed by atoms with Gasteiger partial charge in [0.25, 0.3) is 0 Å². The van der Waals surface area contributed by atoms with Gasteiger partial charge < -0.3 is 9.73 Å². The number of nitrogens with two attached hydrogens (primary N) is 1. The van der Waals surface area contributed by atoms with E-state index in [9.17, 15) is 9.59 Å². The van der Waals surface area contributed by atoms with E-state index in [1.165, 1.54) is 0 Å². The normalized spacial score (nSPS) is 10.7. The van der Waals surface area contributed by atoms with Crippen LogP contribution in [0.3, 0.4) is 0 Å². The van der Waals surface area contributed by atoms with Gasteiger partial charge in [-0.15, -0.1) is 0 Å². The Morgan fingerprint density at radius 2 is 2.10 bits per heavy atom. The number of hydrazine groups is 1.